The summed E-state index contributed by atoms with van der Waals surface area (Å²) in [6.07, 6.45) is 1.66. The van der Waals surface area contributed by atoms with E-state index in [1.165, 1.54) is 0 Å². The highest BCUT2D eigenvalue weighted by atomic mass is 16.5. The fourth-order valence-electron chi connectivity index (χ4n) is 2.79. The number of ether oxygens (including phenoxy) is 1. The van der Waals surface area contributed by atoms with Gasteiger partial charge in [0.05, 0.1) is 13.2 Å². The van der Waals surface area contributed by atoms with Gasteiger partial charge in [0.25, 0.3) is 5.91 Å². The second kappa shape index (κ2) is 6.29. The summed E-state index contributed by atoms with van der Waals surface area (Å²) in [6.45, 7) is 5.15. The topological polar surface area (TPSA) is 94.5 Å². The molecule has 0 spiro atoms. The maximum Gasteiger partial charge on any atom is 0.290 e. The summed E-state index contributed by atoms with van der Waals surface area (Å²) in [4.78, 5) is 23.2. The van der Waals surface area contributed by atoms with E-state index < -0.39 is 6.04 Å². The van der Waals surface area contributed by atoms with Gasteiger partial charge in [-0.3, -0.25) is 9.78 Å². The summed E-state index contributed by atoms with van der Waals surface area (Å²) in [6, 6.07) is 4.80. The third kappa shape index (κ3) is 2.89. The third-order valence-corrected chi connectivity index (χ3v) is 4.14. The van der Waals surface area contributed by atoms with E-state index in [-0.39, 0.29) is 17.6 Å². The van der Waals surface area contributed by atoms with E-state index in [1.54, 1.807) is 29.3 Å². The minimum Gasteiger partial charge on any atom is -0.449 e. The monoisotopic (exact) mass is 342 g/mol. The SMILES string of the molecule is CC(C)c1nc(C2COCCN2C(=O)c2cc3ncccc3o2)no1. The Bertz CT molecular complexity index is 868. The number of hydrogen-bond acceptors (Lipinski definition) is 7. The first kappa shape index (κ1) is 15.8. The fourth-order valence-corrected chi connectivity index (χ4v) is 2.79. The minimum absolute atomic E-state index is 0.122. The van der Waals surface area contributed by atoms with Crippen molar-refractivity contribution >= 4 is 17.0 Å². The largest absolute Gasteiger partial charge is 0.449 e. The van der Waals surface area contributed by atoms with Gasteiger partial charge in [-0.15, -0.1) is 0 Å². The van der Waals surface area contributed by atoms with Crippen LogP contribution in [0.4, 0.5) is 0 Å². The first-order chi connectivity index (χ1) is 12.1. The molecule has 1 saturated heterocycles. The molecule has 1 unspecified atom stereocenters. The Hall–Kier alpha value is -2.74. The zero-order chi connectivity index (χ0) is 17.4. The van der Waals surface area contributed by atoms with Crippen LogP contribution in [0.15, 0.2) is 33.3 Å². The van der Waals surface area contributed by atoms with Crippen LogP contribution >= 0.6 is 0 Å². The van der Waals surface area contributed by atoms with Gasteiger partial charge in [-0.25, -0.2) is 0 Å². The summed E-state index contributed by atoms with van der Waals surface area (Å²) in [5.41, 5.74) is 1.23. The molecule has 1 aliphatic heterocycles. The molecule has 8 nitrogen and oxygen atoms in total. The number of furan rings is 1. The smallest absolute Gasteiger partial charge is 0.290 e. The second-order valence-electron chi connectivity index (χ2n) is 6.23. The summed E-state index contributed by atoms with van der Waals surface area (Å²) < 4.78 is 16.4. The van der Waals surface area contributed by atoms with Gasteiger partial charge < -0.3 is 18.6 Å². The summed E-state index contributed by atoms with van der Waals surface area (Å²) in [5.74, 6) is 1.12. The normalized spacial score (nSPS) is 18.2. The molecule has 8 heteroatoms. The van der Waals surface area contributed by atoms with E-state index in [2.05, 4.69) is 15.1 Å². The van der Waals surface area contributed by atoms with Crippen LogP contribution in [0.5, 0.6) is 0 Å². The highest BCUT2D eigenvalue weighted by Crippen LogP contribution is 2.27. The van der Waals surface area contributed by atoms with Crippen molar-refractivity contribution in [3.8, 4) is 0 Å². The minimum atomic E-state index is -0.404. The molecule has 1 aliphatic rings. The molecule has 0 saturated carbocycles. The first-order valence-corrected chi connectivity index (χ1v) is 8.20. The van der Waals surface area contributed by atoms with Crippen molar-refractivity contribution in [2.75, 3.05) is 19.8 Å². The predicted molar refractivity (Wildman–Crippen MR) is 87.0 cm³/mol. The van der Waals surface area contributed by atoms with Crippen molar-refractivity contribution in [3.63, 3.8) is 0 Å². The van der Waals surface area contributed by atoms with Crippen molar-refractivity contribution in [1.82, 2.24) is 20.0 Å². The lowest BCUT2D eigenvalue weighted by molar-refractivity contribution is -0.00718. The zero-order valence-corrected chi connectivity index (χ0v) is 14.0. The molecule has 0 aliphatic carbocycles. The molecule has 3 aromatic rings. The average Bonchev–Trinajstić information content (AvgIpc) is 3.28. The molecular formula is C17H18N4O4. The lowest BCUT2D eigenvalue weighted by atomic mass is 10.2. The fraction of sp³-hybridized carbons (Fsp3) is 0.412. The Morgan fingerprint density at radius 2 is 2.28 bits per heavy atom. The van der Waals surface area contributed by atoms with Crippen LogP contribution in [0.3, 0.4) is 0 Å². The Balaban J connectivity index is 1.64. The predicted octanol–water partition coefficient (Wildman–Crippen LogP) is 2.55. The molecule has 0 radical (unpaired) electrons. The van der Waals surface area contributed by atoms with Gasteiger partial charge in [0.15, 0.2) is 17.2 Å². The molecule has 3 aromatic heterocycles. The Morgan fingerprint density at radius 1 is 1.40 bits per heavy atom. The highest BCUT2D eigenvalue weighted by Gasteiger charge is 2.34. The second-order valence-corrected chi connectivity index (χ2v) is 6.23. The van der Waals surface area contributed by atoms with Crippen LogP contribution in [0.1, 0.15) is 48.1 Å². The van der Waals surface area contributed by atoms with Gasteiger partial charge in [0.2, 0.25) is 5.89 Å². The first-order valence-electron chi connectivity index (χ1n) is 8.20. The number of aromatic nitrogens is 3. The third-order valence-electron chi connectivity index (χ3n) is 4.14. The van der Waals surface area contributed by atoms with Crippen LogP contribution in [-0.2, 0) is 4.74 Å². The Morgan fingerprint density at radius 3 is 3.04 bits per heavy atom. The van der Waals surface area contributed by atoms with E-state index in [4.69, 9.17) is 13.7 Å². The average molecular weight is 342 g/mol. The summed E-state index contributed by atoms with van der Waals surface area (Å²) in [7, 11) is 0. The highest BCUT2D eigenvalue weighted by molar-refractivity contribution is 5.95. The van der Waals surface area contributed by atoms with Crippen LogP contribution in [-0.4, -0.2) is 45.7 Å². The number of carbonyl (C=O) groups excluding carboxylic acids is 1. The number of fused-ring (bicyclic) bond motifs is 1. The molecule has 0 bridgehead atoms. The quantitative estimate of drug-likeness (QED) is 0.722. The van der Waals surface area contributed by atoms with Crippen molar-refractivity contribution in [1.29, 1.82) is 0 Å². The number of amides is 1. The number of morpholine rings is 1. The number of hydrogen-bond donors (Lipinski definition) is 0. The molecule has 25 heavy (non-hydrogen) atoms. The molecule has 130 valence electrons. The van der Waals surface area contributed by atoms with Gasteiger partial charge >= 0.3 is 0 Å². The van der Waals surface area contributed by atoms with Crippen LogP contribution in [0.25, 0.3) is 11.1 Å². The van der Waals surface area contributed by atoms with Crippen molar-refractivity contribution in [2.24, 2.45) is 0 Å². The number of carbonyl (C=O) groups is 1. The van der Waals surface area contributed by atoms with E-state index in [1.807, 2.05) is 13.8 Å². The molecule has 0 N–H and O–H groups in total. The molecule has 1 fully saturated rings. The van der Waals surface area contributed by atoms with E-state index in [0.29, 0.717) is 42.6 Å². The maximum atomic E-state index is 13.0. The lowest BCUT2D eigenvalue weighted by Crippen LogP contribution is -2.43. The Labute approximate surface area is 143 Å². The van der Waals surface area contributed by atoms with E-state index in [9.17, 15) is 4.79 Å². The molecule has 0 aromatic carbocycles. The van der Waals surface area contributed by atoms with Crippen molar-refractivity contribution in [3.05, 3.63) is 41.9 Å². The van der Waals surface area contributed by atoms with Gasteiger partial charge in [-0.05, 0) is 12.1 Å². The van der Waals surface area contributed by atoms with Crippen LogP contribution < -0.4 is 0 Å². The van der Waals surface area contributed by atoms with Crippen molar-refractivity contribution in [2.45, 2.75) is 25.8 Å². The van der Waals surface area contributed by atoms with Gasteiger partial charge in [0.1, 0.15) is 11.6 Å². The maximum absolute atomic E-state index is 13.0. The van der Waals surface area contributed by atoms with E-state index >= 15 is 0 Å². The van der Waals surface area contributed by atoms with Crippen molar-refractivity contribution < 1.29 is 18.5 Å². The van der Waals surface area contributed by atoms with E-state index in [0.717, 1.165) is 0 Å². The standard InChI is InChI=1S/C17H18N4O4/c1-10(2)16-19-15(20-25-16)12-9-23-7-6-21(12)17(22)14-8-11-13(24-14)4-3-5-18-11/h3-5,8,10,12H,6-7,9H2,1-2H3. The van der Waals surface area contributed by atoms with Gasteiger partial charge in [0, 0.05) is 24.7 Å². The molecular weight excluding hydrogens is 324 g/mol. The van der Waals surface area contributed by atoms with Crippen LogP contribution in [0.2, 0.25) is 0 Å². The van der Waals surface area contributed by atoms with Gasteiger partial charge in [-0.1, -0.05) is 19.0 Å². The van der Waals surface area contributed by atoms with Crippen LogP contribution in [0, 0.1) is 0 Å². The molecule has 4 rings (SSSR count). The Kier molecular flexibility index (Phi) is 3.96. The lowest BCUT2D eigenvalue weighted by Gasteiger charge is -2.32. The number of nitrogens with zero attached hydrogens (tertiary/aromatic N) is 4. The summed E-state index contributed by atoms with van der Waals surface area (Å²) in [5, 5.41) is 4.03. The molecule has 1 atom stereocenters. The van der Waals surface area contributed by atoms with Gasteiger partial charge in [-0.2, -0.15) is 4.98 Å². The molecule has 4 heterocycles. The summed E-state index contributed by atoms with van der Waals surface area (Å²) >= 11 is 0. The number of pyridine rings is 1. The molecule has 1 amide bonds. The zero-order valence-electron chi connectivity index (χ0n) is 14.0. The number of rotatable bonds is 3.